The second-order valence-corrected chi connectivity index (χ2v) is 6.42. The van der Waals surface area contributed by atoms with Gasteiger partial charge in [0.25, 0.3) is 0 Å². The zero-order valence-electron chi connectivity index (χ0n) is 13.1. The van der Waals surface area contributed by atoms with Crippen molar-refractivity contribution < 1.29 is 19.0 Å². The summed E-state index contributed by atoms with van der Waals surface area (Å²) >= 11 is 15.3. The highest BCUT2D eigenvalue weighted by atomic mass is 79.9. The Kier molecular flexibility index (Phi) is 6.78. The molecular weight excluding hydrogens is 419 g/mol. The van der Waals surface area contributed by atoms with E-state index in [-0.39, 0.29) is 6.61 Å². The molecule has 0 aliphatic heterocycles. The molecule has 0 bridgehead atoms. The van der Waals surface area contributed by atoms with Crippen molar-refractivity contribution >= 4 is 45.1 Å². The van der Waals surface area contributed by atoms with Gasteiger partial charge in [-0.15, -0.1) is 0 Å². The van der Waals surface area contributed by atoms with Crippen LogP contribution in [0.5, 0.6) is 11.5 Å². The highest BCUT2D eigenvalue weighted by molar-refractivity contribution is 9.10. The predicted octanol–water partition coefficient (Wildman–Crippen LogP) is 5.52. The van der Waals surface area contributed by atoms with E-state index in [1.54, 1.807) is 31.2 Å². The summed E-state index contributed by atoms with van der Waals surface area (Å²) < 4.78 is 16.7. The molecule has 7 heteroatoms. The van der Waals surface area contributed by atoms with Crippen molar-refractivity contribution in [2.75, 3.05) is 13.7 Å². The molecule has 0 amide bonds. The van der Waals surface area contributed by atoms with Gasteiger partial charge in [-0.25, -0.2) is 4.79 Å². The van der Waals surface area contributed by atoms with Gasteiger partial charge in [0.2, 0.25) is 0 Å². The van der Waals surface area contributed by atoms with Crippen molar-refractivity contribution in [1.82, 2.24) is 0 Å². The summed E-state index contributed by atoms with van der Waals surface area (Å²) in [7, 11) is 1.50. The quantitative estimate of drug-likeness (QED) is 0.562. The lowest BCUT2D eigenvalue weighted by Gasteiger charge is -2.14. The Hall–Kier alpha value is -1.43. The van der Waals surface area contributed by atoms with E-state index in [1.165, 1.54) is 7.11 Å². The topological polar surface area (TPSA) is 44.8 Å². The molecule has 0 saturated heterocycles. The first-order valence-electron chi connectivity index (χ1n) is 7.07. The number of carbonyl (C=O) groups is 1. The van der Waals surface area contributed by atoms with E-state index in [0.29, 0.717) is 38.2 Å². The molecule has 0 aliphatic carbocycles. The van der Waals surface area contributed by atoms with Crippen LogP contribution in [-0.2, 0) is 11.3 Å². The number of carbonyl (C=O) groups excluding carboxylic acids is 1. The first-order valence-corrected chi connectivity index (χ1v) is 8.62. The van der Waals surface area contributed by atoms with Crippen LogP contribution in [0.1, 0.15) is 22.8 Å². The van der Waals surface area contributed by atoms with E-state index in [4.69, 9.17) is 37.4 Å². The lowest BCUT2D eigenvalue weighted by Crippen LogP contribution is -2.06. The first-order chi connectivity index (χ1) is 11.5. The van der Waals surface area contributed by atoms with Crippen LogP contribution in [0.15, 0.2) is 34.8 Å². The molecule has 24 heavy (non-hydrogen) atoms. The van der Waals surface area contributed by atoms with E-state index in [1.807, 2.05) is 6.07 Å². The van der Waals surface area contributed by atoms with Gasteiger partial charge in [-0.2, -0.15) is 0 Å². The number of hydrogen-bond acceptors (Lipinski definition) is 4. The van der Waals surface area contributed by atoms with Crippen molar-refractivity contribution in [2.45, 2.75) is 13.5 Å². The molecule has 0 atom stereocenters. The number of ether oxygens (including phenoxy) is 3. The van der Waals surface area contributed by atoms with Crippen LogP contribution < -0.4 is 9.47 Å². The third kappa shape index (κ3) is 4.56. The van der Waals surface area contributed by atoms with Crippen LogP contribution in [0.3, 0.4) is 0 Å². The normalized spacial score (nSPS) is 10.4. The molecule has 2 aromatic carbocycles. The average Bonchev–Trinajstić information content (AvgIpc) is 2.56. The minimum atomic E-state index is -0.424. The van der Waals surface area contributed by atoms with E-state index in [9.17, 15) is 4.79 Å². The fraction of sp³-hybridized carbons (Fsp3) is 0.235. The first kappa shape index (κ1) is 18.9. The van der Waals surface area contributed by atoms with Crippen LogP contribution in [0.2, 0.25) is 10.0 Å². The van der Waals surface area contributed by atoms with Gasteiger partial charge < -0.3 is 14.2 Å². The third-order valence-corrected chi connectivity index (χ3v) is 4.44. The van der Waals surface area contributed by atoms with Crippen molar-refractivity contribution in [3.8, 4) is 11.5 Å². The van der Waals surface area contributed by atoms with Gasteiger partial charge >= 0.3 is 5.97 Å². The van der Waals surface area contributed by atoms with Crippen LogP contribution in [0.25, 0.3) is 0 Å². The van der Waals surface area contributed by atoms with Crippen molar-refractivity contribution in [2.24, 2.45) is 0 Å². The van der Waals surface area contributed by atoms with E-state index in [0.717, 1.165) is 5.56 Å². The average molecular weight is 434 g/mol. The minimum Gasteiger partial charge on any atom is -0.493 e. The molecule has 0 aliphatic rings. The summed E-state index contributed by atoms with van der Waals surface area (Å²) in [5, 5.41) is 0.944. The number of esters is 1. The molecule has 0 heterocycles. The van der Waals surface area contributed by atoms with Gasteiger partial charge in [0.1, 0.15) is 6.61 Å². The summed E-state index contributed by atoms with van der Waals surface area (Å²) in [6, 6.07) is 8.47. The highest BCUT2D eigenvalue weighted by Crippen LogP contribution is 2.37. The summed E-state index contributed by atoms with van der Waals surface area (Å²) in [5.74, 6) is 0.483. The Morgan fingerprint density at radius 2 is 1.92 bits per heavy atom. The lowest BCUT2D eigenvalue weighted by atomic mass is 10.2. The number of methoxy groups -OCH3 is 1. The van der Waals surface area contributed by atoms with Gasteiger partial charge in [0, 0.05) is 0 Å². The van der Waals surface area contributed by atoms with Gasteiger partial charge in [-0.1, -0.05) is 29.3 Å². The molecule has 0 unspecified atom stereocenters. The van der Waals surface area contributed by atoms with Crippen LogP contribution >= 0.6 is 39.1 Å². The number of rotatable bonds is 6. The van der Waals surface area contributed by atoms with Crippen molar-refractivity contribution in [3.05, 3.63) is 56.0 Å². The fourth-order valence-corrected chi connectivity index (χ4v) is 2.85. The maximum atomic E-state index is 11.9. The monoisotopic (exact) mass is 432 g/mol. The van der Waals surface area contributed by atoms with E-state index < -0.39 is 5.97 Å². The van der Waals surface area contributed by atoms with Crippen LogP contribution in [0, 0.1) is 0 Å². The summed E-state index contributed by atoms with van der Waals surface area (Å²) in [6.07, 6.45) is 0. The van der Waals surface area contributed by atoms with E-state index >= 15 is 0 Å². The molecular formula is C17H15BrCl2O4. The van der Waals surface area contributed by atoms with Gasteiger partial charge in [-0.05, 0) is 52.7 Å². The lowest BCUT2D eigenvalue weighted by molar-refractivity contribution is 0.0525. The summed E-state index contributed by atoms with van der Waals surface area (Å²) in [5.41, 5.74) is 1.23. The standard InChI is InChI=1S/C17H15BrCl2O4/c1-3-23-17(21)11-7-12(18)16(15(8-11)22-2)24-9-10-4-5-13(19)14(20)6-10/h4-8H,3,9H2,1-2H3. The summed E-state index contributed by atoms with van der Waals surface area (Å²) in [6.45, 7) is 2.32. The number of halogens is 3. The molecule has 0 aromatic heterocycles. The Morgan fingerprint density at radius 3 is 2.54 bits per heavy atom. The van der Waals surface area contributed by atoms with Gasteiger partial charge in [0.05, 0.1) is 33.8 Å². The second-order valence-electron chi connectivity index (χ2n) is 4.75. The van der Waals surface area contributed by atoms with Crippen LogP contribution in [0.4, 0.5) is 0 Å². The predicted molar refractivity (Wildman–Crippen MR) is 97.4 cm³/mol. The van der Waals surface area contributed by atoms with E-state index in [2.05, 4.69) is 15.9 Å². The minimum absolute atomic E-state index is 0.268. The molecule has 0 N–H and O–H groups in total. The number of hydrogen-bond donors (Lipinski definition) is 0. The van der Waals surface area contributed by atoms with Gasteiger partial charge in [-0.3, -0.25) is 0 Å². The molecule has 4 nitrogen and oxygen atoms in total. The Labute approximate surface area is 158 Å². The molecule has 0 spiro atoms. The molecule has 2 rings (SSSR count). The molecule has 2 aromatic rings. The molecule has 0 fully saturated rings. The molecule has 0 radical (unpaired) electrons. The number of benzene rings is 2. The molecule has 128 valence electrons. The zero-order chi connectivity index (χ0) is 17.7. The largest absolute Gasteiger partial charge is 0.493 e. The van der Waals surface area contributed by atoms with Crippen molar-refractivity contribution in [3.63, 3.8) is 0 Å². The van der Waals surface area contributed by atoms with Crippen LogP contribution in [-0.4, -0.2) is 19.7 Å². The van der Waals surface area contributed by atoms with Gasteiger partial charge in [0.15, 0.2) is 11.5 Å². The SMILES string of the molecule is CCOC(=O)c1cc(Br)c(OCc2ccc(Cl)c(Cl)c2)c(OC)c1. The third-order valence-electron chi connectivity index (χ3n) is 3.11. The Balaban J connectivity index is 2.23. The second kappa shape index (κ2) is 8.60. The summed E-state index contributed by atoms with van der Waals surface area (Å²) in [4.78, 5) is 11.9. The Bertz CT molecular complexity index is 750. The molecule has 0 saturated carbocycles. The maximum Gasteiger partial charge on any atom is 0.338 e. The fourth-order valence-electron chi connectivity index (χ4n) is 1.98. The zero-order valence-corrected chi connectivity index (χ0v) is 16.2. The highest BCUT2D eigenvalue weighted by Gasteiger charge is 2.16. The maximum absolute atomic E-state index is 11.9. The van der Waals surface area contributed by atoms with Crippen molar-refractivity contribution in [1.29, 1.82) is 0 Å². The smallest absolute Gasteiger partial charge is 0.338 e. The Morgan fingerprint density at radius 1 is 1.17 bits per heavy atom.